The minimum absolute atomic E-state index is 0.000136. The second-order valence-corrected chi connectivity index (χ2v) is 8.21. The fourth-order valence-corrected chi connectivity index (χ4v) is 4.43. The Labute approximate surface area is 162 Å². The third-order valence-electron chi connectivity index (χ3n) is 5.95. The Morgan fingerprint density at radius 3 is 2.81 bits per heavy atom. The Morgan fingerprint density at radius 2 is 2.07 bits per heavy atom. The van der Waals surface area contributed by atoms with Gasteiger partial charge in [0.1, 0.15) is 5.75 Å². The van der Waals surface area contributed by atoms with Gasteiger partial charge in [0.05, 0.1) is 18.8 Å². The molecule has 1 aromatic carbocycles. The lowest BCUT2D eigenvalue weighted by Gasteiger charge is -2.51. The third-order valence-corrected chi connectivity index (χ3v) is 5.95. The molecular weight excluding hydrogens is 340 g/mol. The van der Waals surface area contributed by atoms with Crippen LogP contribution < -0.4 is 4.74 Å². The molecule has 27 heavy (non-hydrogen) atoms. The number of ether oxygens (including phenoxy) is 1. The lowest BCUT2D eigenvalue weighted by molar-refractivity contribution is -0.0763. The number of para-hydroxylation sites is 1. The summed E-state index contributed by atoms with van der Waals surface area (Å²) in [6.45, 7) is 8.24. The summed E-state index contributed by atoms with van der Waals surface area (Å²) in [6, 6.07) is 7.38. The van der Waals surface area contributed by atoms with Crippen molar-refractivity contribution in [1.29, 1.82) is 0 Å². The number of benzene rings is 1. The van der Waals surface area contributed by atoms with Gasteiger partial charge in [0.2, 0.25) is 0 Å². The highest BCUT2D eigenvalue weighted by Gasteiger charge is 2.46. The number of piperidine rings is 2. The fourth-order valence-electron chi connectivity index (χ4n) is 4.43. The molecule has 5 nitrogen and oxygen atoms in total. The predicted molar refractivity (Wildman–Crippen MR) is 107 cm³/mol. The van der Waals surface area contributed by atoms with E-state index in [1.54, 1.807) is 7.11 Å². The van der Waals surface area contributed by atoms with Crippen LogP contribution in [-0.2, 0) is 0 Å². The van der Waals surface area contributed by atoms with Crippen molar-refractivity contribution in [3.05, 3.63) is 41.5 Å². The van der Waals surface area contributed by atoms with E-state index in [4.69, 9.17) is 4.74 Å². The Morgan fingerprint density at radius 1 is 1.30 bits per heavy atom. The number of aliphatic hydroxyl groups is 1. The summed E-state index contributed by atoms with van der Waals surface area (Å²) in [5.74, 6) is 0.608. The molecule has 2 fully saturated rings. The summed E-state index contributed by atoms with van der Waals surface area (Å²) in [7, 11) is 1.59. The zero-order valence-electron chi connectivity index (χ0n) is 16.8. The second kappa shape index (κ2) is 8.44. The van der Waals surface area contributed by atoms with Crippen molar-refractivity contribution >= 4 is 5.91 Å². The molecule has 0 unspecified atom stereocenters. The average molecular weight is 373 g/mol. The summed E-state index contributed by atoms with van der Waals surface area (Å²) < 4.78 is 5.38. The minimum Gasteiger partial charge on any atom is -0.496 e. The average Bonchev–Trinajstić information content (AvgIpc) is 2.68. The second-order valence-electron chi connectivity index (χ2n) is 8.21. The molecule has 0 aliphatic carbocycles. The number of aliphatic hydroxyl groups excluding tert-OH is 1. The molecule has 3 rings (SSSR count). The topological polar surface area (TPSA) is 53.0 Å². The summed E-state index contributed by atoms with van der Waals surface area (Å²) in [6.07, 6.45) is 4.55. The van der Waals surface area contributed by atoms with E-state index in [2.05, 4.69) is 24.8 Å². The minimum atomic E-state index is -0.353. The summed E-state index contributed by atoms with van der Waals surface area (Å²) in [4.78, 5) is 17.5. The first-order valence-electron chi connectivity index (χ1n) is 9.91. The maximum Gasteiger partial charge on any atom is 0.257 e. The predicted octanol–water partition coefficient (Wildman–Crippen LogP) is 2.95. The highest BCUT2D eigenvalue weighted by Crippen LogP contribution is 2.39. The van der Waals surface area contributed by atoms with E-state index in [0.717, 1.165) is 45.4 Å². The molecule has 0 radical (unpaired) electrons. The molecule has 0 aromatic heterocycles. The zero-order chi connectivity index (χ0) is 19.4. The Hall–Kier alpha value is -1.85. The molecule has 0 bridgehead atoms. The molecular formula is C22H32N2O3. The van der Waals surface area contributed by atoms with E-state index < -0.39 is 0 Å². The quantitative estimate of drug-likeness (QED) is 0.826. The van der Waals surface area contributed by atoms with Crippen molar-refractivity contribution in [2.45, 2.75) is 39.2 Å². The zero-order valence-corrected chi connectivity index (χ0v) is 16.8. The van der Waals surface area contributed by atoms with E-state index in [9.17, 15) is 9.90 Å². The lowest BCUT2D eigenvalue weighted by Crippen LogP contribution is -2.59. The molecule has 1 amide bonds. The smallest absolute Gasteiger partial charge is 0.257 e. The van der Waals surface area contributed by atoms with Crippen LogP contribution in [0.4, 0.5) is 0 Å². The molecule has 2 aliphatic rings. The van der Waals surface area contributed by atoms with Gasteiger partial charge < -0.3 is 14.7 Å². The van der Waals surface area contributed by atoms with E-state index in [1.807, 2.05) is 29.2 Å². The van der Waals surface area contributed by atoms with Gasteiger partial charge in [0.15, 0.2) is 0 Å². The monoisotopic (exact) mass is 372 g/mol. The molecule has 5 heteroatoms. The highest BCUT2D eigenvalue weighted by atomic mass is 16.5. The SMILES string of the molecule is COc1ccccc1C(=O)N1CCC[C@@]2(CN(CC=C(C)C)CC[C@H]2O)C1. The van der Waals surface area contributed by atoms with Crippen LogP contribution in [0.25, 0.3) is 0 Å². The molecule has 1 N–H and O–H groups in total. The third kappa shape index (κ3) is 4.36. The molecule has 1 aromatic rings. The number of likely N-dealkylation sites (tertiary alicyclic amines) is 2. The van der Waals surface area contributed by atoms with Crippen LogP contribution in [0, 0.1) is 5.41 Å². The van der Waals surface area contributed by atoms with Gasteiger partial charge in [0.25, 0.3) is 5.91 Å². The standard InChI is InChI=1S/C22H32N2O3/c1-17(2)9-13-23-14-10-20(25)22(15-23)11-6-12-24(16-22)21(26)18-7-4-5-8-19(18)27-3/h4-5,7-9,20,25H,6,10-16H2,1-3H3/t20-,22-/m1/s1. The van der Waals surface area contributed by atoms with E-state index >= 15 is 0 Å². The van der Waals surface area contributed by atoms with Gasteiger partial charge in [-0.25, -0.2) is 0 Å². The Kier molecular flexibility index (Phi) is 6.22. The van der Waals surface area contributed by atoms with Crippen LogP contribution in [0.1, 0.15) is 43.5 Å². The van der Waals surface area contributed by atoms with Crippen LogP contribution in [-0.4, -0.2) is 66.8 Å². The first kappa shape index (κ1) is 19.9. The Bertz CT molecular complexity index is 699. The van der Waals surface area contributed by atoms with Gasteiger partial charge in [-0.2, -0.15) is 0 Å². The number of allylic oxidation sites excluding steroid dienone is 1. The van der Waals surface area contributed by atoms with Crippen LogP contribution in [0.3, 0.4) is 0 Å². The number of amides is 1. The summed E-state index contributed by atoms with van der Waals surface area (Å²) in [5, 5.41) is 10.8. The summed E-state index contributed by atoms with van der Waals surface area (Å²) in [5.41, 5.74) is 1.68. The van der Waals surface area contributed by atoms with Crippen LogP contribution >= 0.6 is 0 Å². The summed E-state index contributed by atoms with van der Waals surface area (Å²) >= 11 is 0. The van der Waals surface area contributed by atoms with Crippen LogP contribution in [0.5, 0.6) is 5.75 Å². The van der Waals surface area contributed by atoms with Crippen molar-refractivity contribution in [2.75, 3.05) is 39.8 Å². The van der Waals surface area contributed by atoms with Gasteiger partial charge in [-0.1, -0.05) is 23.8 Å². The van der Waals surface area contributed by atoms with E-state index in [0.29, 0.717) is 17.9 Å². The van der Waals surface area contributed by atoms with Gasteiger partial charge in [-0.3, -0.25) is 9.69 Å². The van der Waals surface area contributed by atoms with Gasteiger partial charge in [-0.15, -0.1) is 0 Å². The molecule has 2 heterocycles. The Balaban J connectivity index is 1.77. The number of nitrogens with zero attached hydrogens (tertiary/aromatic N) is 2. The number of rotatable bonds is 4. The molecule has 1 spiro atoms. The molecule has 2 saturated heterocycles. The lowest BCUT2D eigenvalue weighted by atomic mass is 9.71. The van der Waals surface area contributed by atoms with Crippen molar-refractivity contribution in [1.82, 2.24) is 9.80 Å². The number of hydrogen-bond acceptors (Lipinski definition) is 4. The number of carbonyl (C=O) groups is 1. The first-order valence-corrected chi connectivity index (χ1v) is 9.91. The van der Waals surface area contributed by atoms with Crippen molar-refractivity contribution < 1.29 is 14.6 Å². The molecule has 2 atom stereocenters. The molecule has 0 saturated carbocycles. The first-order chi connectivity index (χ1) is 12.9. The normalized spacial score (nSPS) is 26.1. The van der Waals surface area contributed by atoms with E-state index in [1.165, 1.54) is 5.57 Å². The van der Waals surface area contributed by atoms with Gasteiger partial charge >= 0.3 is 0 Å². The van der Waals surface area contributed by atoms with E-state index in [-0.39, 0.29) is 17.4 Å². The molecule has 2 aliphatic heterocycles. The number of hydrogen-bond donors (Lipinski definition) is 1. The number of carbonyl (C=O) groups excluding carboxylic acids is 1. The van der Waals surface area contributed by atoms with Crippen molar-refractivity contribution in [3.8, 4) is 5.75 Å². The number of methoxy groups -OCH3 is 1. The van der Waals surface area contributed by atoms with Crippen LogP contribution in [0.15, 0.2) is 35.9 Å². The maximum atomic E-state index is 13.1. The largest absolute Gasteiger partial charge is 0.496 e. The van der Waals surface area contributed by atoms with Crippen molar-refractivity contribution in [3.63, 3.8) is 0 Å². The maximum absolute atomic E-state index is 13.1. The van der Waals surface area contributed by atoms with Gasteiger partial charge in [-0.05, 0) is 45.2 Å². The fraction of sp³-hybridized carbons (Fsp3) is 0.591. The highest BCUT2D eigenvalue weighted by molar-refractivity contribution is 5.97. The molecule has 148 valence electrons. The van der Waals surface area contributed by atoms with Gasteiger partial charge in [0, 0.05) is 38.1 Å². The van der Waals surface area contributed by atoms with Crippen molar-refractivity contribution in [2.24, 2.45) is 5.41 Å². The van der Waals surface area contributed by atoms with Crippen LogP contribution in [0.2, 0.25) is 0 Å².